The molecule has 2 aliphatic heterocycles. The van der Waals surface area contributed by atoms with E-state index in [1.807, 2.05) is 0 Å². The topological polar surface area (TPSA) is 84.7 Å². The number of benzene rings is 1. The molecule has 1 aromatic heterocycles. The van der Waals surface area contributed by atoms with Gasteiger partial charge in [0.15, 0.2) is 5.69 Å². The van der Waals surface area contributed by atoms with Crippen LogP contribution in [0.25, 0.3) is 0 Å². The highest BCUT2D eigenvalue weighted by molar-refractivity contribution is 7.89. The maximum atomic E-state index is 13.2. The van der Waals surface area contributed by atoms with E-state index in [9.17, 15) is 17.6 Å². The van der Waals surface area contributed by atoms with Crippen molar-refractivity contribution < 1.29 is 22.3 Å². The quantitative estimate of drug-likeness (QED) is 0.749. The molecule has 0 saturated carbocycles. The van der Waals surface area contributed by atoms with Gasteiger partial charge in [-0.1, -0.05) is 0 Å². The smallest absolute Gasteiger partial charge is 0.274 e. The zero-order chi connectivity index (χ0) is 19.9. The van der Waals surface area contributed by atoms with E-state index in [4.69, 9.17) is 4.74 Å². The van der Waals surface area contributed by atoms with Crippen molar-refractivity contribution in [1.82, 2.24) is 19.0 Å². The average Bonchev–Trinajstić information content (AvgIpc) is 3.04. The summed E-state index contributed by atoms with van der Waals surface area (Å²) in [6.45, 7) is 2.27. The van der Waals surface area contributed by atoms with Crippen LogP contribution in [0.4, 0.5) is 4.39 Å². The van der Waals surface area contributed by atoms with E-state index in [2.05, 4.69) is 5.10 Å². The summed E-state index contributed by atoms with van der Waals surface area (Å²) in [5.41, 5.74) is 1.79. The molecule has 1 amide bonds. The summed E-state index contributed by atoms with van der Waals surface area (Å²) in [6, 6.07) is 4.76. The number of rotatable bonds is 3. The molecule has 0 atom stereocenters. The first-order valence-corrected chi connectivity index (χ1v) is 10.5. The first-order chi connectivity index (χ1) is 13.4. The van der Waals surface area contributed by atoms with Crippen LogP contribution in [-0.2, 0) is 34.8 Å². The highest BCUT2D eigenvalue weighted by Gasteiger charge is 2.34. The summed E-state index contributed by atoms with van der Waals surface area (Å²) in [7, 11) is -2.03. The van der Waals surface area contributed by atoms with Gasteiger partial charge in [-0.15, -0.1) is 0 Å². The molecule has 0 bridgehead atoms. The van der Waals surface area contributed by atoms with E-state index in [0.29, 0.717) is 44.0 Å². The predicted octanol–water partition coefficient (Wildman–Crippen LogP) is 0.779. The van der Waals surface area contributed by atoms with Crippen LogP contribution in [0.15, 0.2) is 29.2 Å². The number of aromatic nitrogens is 2. The molecule has 8 nitrogen and oxygen atoms in total. The average molecular weight is 408 g/mol. The number of carbonyl (C=O) groups is 1. The van der Waals surface area contributed by atoms with Crippen LogP contribution in [0, 0.1) is 5.82 Å². The molecule has 0 spiro atoms. The van der Waals surface area contributed by atoms with Gasteiger partial charge in [0.05, 0.1) is 18.1 Å². The second kappa shape index (κ2) is 7.26. The lowest BCUT2D eigenvalue weighted by atomic mass is 10.1. The Kier molecular flexibility index (Phi) is 4.94. The van der Waals surface area contributed by atoms with Gasteiger partial charge in [-0.05, 0) is 24.3 Å². The van der Waals surface area contributed by atoms with Gasteiger partial charge in [0.25, 0.3) is 5.91 Å². The molecule has 28 heavy (non-hydrogen) atoms. The van der Waals surface area contributed by atoms with Crippen LogP contribution in [0.5, 0.6) is 0 Å². The molecule has 1 aromatic carbocycles. The molecular formula is C18H21FN4O4S. The van der Waals surface area contributed by atoms with Gasteiger partial charge in [-0.2, -0.15) is 9.40 Å². The van der Waals surface area contributed by atoms with E-state index in [-0.39, 0.29) is 23.9 Å². The van der Waals surface area contributed by atoms with Gasteiger partial charge in [-0.25, -0.2) is 12.8 Å². The van der Waals surface area contributed by atoms with Crippen molar-refractivity contribution in [2.24, 2.45) is 7.05 Å². The lowest BCUT2D eigenvalue weighted by Crippen LogP contribution is -2.42. The van der Waals surface area contributed by atoms with Gasteiger partial charge >= 0.3 is 0 Å². The molecule has 0 N–H and O–H groups in total. The monoisotopic (exact) mass is 408 g/mol. The molecule has 1 saturated heterocycles. The van der Waals surface area contributed by atoms with Gasteiger partial charge in [0.1, 0.15) is 5.82 Å². The number of aryl methyl sites for hydroxylation is 1. The predicted molar refractivity (Wildman–Crippen MR) is 97.6 cm³/mol. The number of nitrogens with zero attached hydrogens (tertiary/aromatic N) is 4. The second-order valence-electron chi connectivity index (χ2n) is 6.84. The van der Waals surface area contributed by atoms with Crippen LogP contribution < -0.4 is 0 Å². The van der Waals surface area contributed by atoms with Gasteiger partial charge < -0.3 is 9.64 Å². The highest BCUT2D eigenvalue weighted by Crippen LogP contribution is 2.28. The molecule has 3 heterocycles. The van der Waals surface area contributed by atoms with Gasteiger partial charge in [-0.3, -0.25) is 9.48 Å². The minimum absolute atomic E-state index is 0.0299. The summed E-state index contributed by atoms with van der Waals surface area (Å²) in [6.07, 6.45) is 0.454. The Morgan fingerprint density at radius 1 is 1.14 bits per heavy atom. The molecule has 2 aliphatic rings. The Morgan fingerprint density at radius 2 is 1.82 bits per heavy atom. The maximum absolute atomic E-state index is 13.2. The Bertz CT molecular complexity index is 997. The van der Waals surface area contributed by atoms with Crippen LogP contribution in [0.1, 0.15) is 21.7 Å². The Morgan fingerprint density at radius 3 is 2.50 bits per heavy atom. The van der Waals surface area contributed by atoms with E-state index in [1.165, 1.54) is 16.4 Å². The van der Waals surface area contributed by atoms with Crippen LogP contribution in [0.2, 0.25) is 0 Å². The number of amides is 1. The number of ether oxygens (including phenoxy) is 1. The number of morpholine rings is 1. The number of carbonyl (C=O) groups excluding carboxylic acids is 1. The Balaban J connectivity index is 1.64. The number of fused-ring (bicyclic) bond motifs is 1. The van der Waals surface area contributed by atoms with Crippen molar-refractivity contribution in [2.45, 2.75) is 17.9 Å². The van der Waals surface area contributed by atoms with Crippen molar-refractivity contribution in [3.8, 4) is 0 Å². The first kappa shape index (κ1) is 19.0. The number of halogens is 1. The fraction of sp³-hybridized carbons (Fsp3) is 0.444. The van der Waals surface area contributed by atoms with Crippen LogP contribution >= 0.6 is 0 Å². The largest absolute Gasteiger partial charge is 0.378 e. The maximum Gasteiger partial charge on any atom is 0.274 e. The van der Waals surface area contributed by atoms with Crippen molar-refractivity contribution in [3.05, 3.63) is 47.0 Å². The van der Waals surface area contributed by atoms with E-state index in [1.54, 1.807) is 16.6 Å². The summed E-state index contributed by atoms with van der Waals surface area (Å²) >= 11 is 0. The molecule has 2 aromatic rings. The third-order valence-electron chi connectivity index (χ3n) is 5.16. The first-order valence-electron chi connectivity index (χ1n) is 9.05. The van der Waals surface area contributed by atoms with Crippen molar-refractivity contribution in [2.75, 3.05) is 32.8 Å². The Hall–Kier alpha value is -2.30. The zero-order valence-electron chi connectivity index (χ0n) is 15.5. The Labute approximate surface area is 162 Å². The lowest BCUT2D eigenvalue weighted by molar-refractivity contribution is 0.0297. The molecule has 1 fully saturated rings. The number of hydrogen-bond donors (Lipinski definition) is 0. The third-order valence-corrected chi connectivity index (χ3v) is 7.02. The van der Waals surface area contributed by atoms with Crippen molar-refractivity contribution in [3.63, 3.8) is 0 Å². The third kappa shape index (κ3) is 3.31. The zero-order valence-corrected chi connectivity index (χ0v) is 16.3. The van der Waals surface area contributed by atoms with Crippen LogP contribution in [0.3, 0.4) is 0 Å². The molecular weight excluding hydrogens is 387 g/mol. The second-order valence-corrected chi connectivity index (χ2v) is 8.78. The molecule has 0 aliphatic carbocycles. The summed E-state index contributed by atoms with van der Waals surface area (Å²) in [5.74, 6) is -0.702. The minimum Gasteiger partial charge on any atom is -0.378 e. The summed E-state index contributed by atoms with van der Waals surface area (Å²) in [5, 5.41) is 4.38. The normalized spacial score (nSPS) is 18.1. The molecule has 0 unspecified atom stereocenters. The number of sulfonamides is 1. The summed E-state index contributed by atoms with van der Waals surface area (Å²) in [4.78, 5) is 14.6. The van der Waals surface area contributed by atoms with E-state index < -0.39 is 15.8 Å². The van der Waals surface area contributed by atoms with E-state index in [0.717, 1.165) is 17.8 Å². The summed E-state index contributed by atoms with van der Waals surface area (Å²) < 4.78 is 47.4. The van der Waals surface area contributed by atoms with Crippen molar-refractivity contribution in [1.29, 1.82) is 0 Å². The minimum atomic E-state index is -3.79. The SMILES string of the molecule is Cn1nc(C(=O)N2CCOCC2)c2c1CCN(S(=O)(=O)c1ccc(F)cc1)C2. The van der Waals surface area contributed by atoms with Crippen LogP contribution in [-0.4, -0.2) is 66.2 Å². The van der Waals surface area contributed by atoms with Gasteiger partial charge in [0.2, 0.25) is 10.0 Å². The standard InChI is InChI=1S/C18H21FN4O4S/c1-21-16-6-7-23(28(25,26)14-4-2-13(19)3-5-14)12-15(16)17(20-21)18(24)22-8-10-27-11-9-22/h2-5H,6-12H2,1H3. The molecule has 150 valence electrons. The van der Waals surface area contributed by atoms with E-state index >= 15 is 0 Å². The highest BCUT2D eigenvalue weighted by atomic mass is 32.2. The lowest BCUT2D eigenvalue weighted by Gasteiger charge is -2.29. The van der Waals surface area contributed by atoms with Crippen molar-refractivity contribution >= 4 is 15.9 Å². The number of hydrogen-bond acceptors (Lipinski definition) is 5. The molecule has 10 heteroatoms. The fourth-order valence-corrected chi connectivity index (χ4v) is 5.03. The molecule has 0 radical (unpaired) electrons. The van der Waals surface area contributed by atoms with Gasteiger partial charge in [0, 0.05) is 50.9 Å². The fourth-order valence-electron chi connectivity index (χ4n) is 3.62. The molecule has 4 rings (SSSR count).